The van der Waals surface area contributed by atoms with Crippen molar-refractivity contribution in [3.63, 3.8) is 0 Å². The number of nitrogens with one attached hydrogen (secondary N) is 1. The summed E-state index contributed by atoms with van der Waals surface area (Å²) in [6, 6.07) is 14.4. The molecule has 2 aromatic carbocycles. The molecule has 0 saturated carbocycles. The number of aryl methyl sites for hydroxylation is 1. The summed E-state index contributed by atoms with van der Waals surface area (Å²) in [4.78, 5) is 24.2. The Morgan fingerprint density at radius 1 is 1.08 bits per heavy atom. The van der Waals surface area contributed by atoms with Gasteiger partial charge in [0.25, 0.3) is 5.56 Å². The van der Waals surface area contributed by atoms with Crippen LogP contribution in [0.25, 0.3) is 5.69 Å². The minimum atomic E-state index is -0.365. The Bertz CT molecular complexity index is 1050. The molecule has 3 aromatic rings. The number of carbonyl (C=O) groups is 1. The molecule has 1 aliphatic heterocycles. The van der Waals surface area contributed by atoms with Crippen molar-refractivity contribution in [3.05, 3.63) is 75.7 Å². The molecule has 7 heteroatoms. The van der Waals surface area contributed by atoms with Crippen molar-refractivity contribution >= 4 is 17.3 Å². The minimum Gasteiger partial charge on any atom is -0.457 e. The molecule has 2 heterocycles. The third kappa shape index (κ3) is 2.65. The molecule has 1 aromatic heterocycles. The Morgan fingerprint density at radius 3 is 2.68 bits per heavy atom. The smallest absolute Gasteiger partial charge is 0.338 e. The number of ether oxygens (including phenoxy) is 1. The summed E-state index contributed by atoms with van der Waals surface area (Å²) in [6.07, 6.45) is 0. The number of cyclic esters (lactones) is 1. The van der Waals surface area contributed by atoms with Crippen LogP contribution in [0.15, 0.2) is 63.6 Å². The van der Waals surface area contributed by atoms with E-state index in [1.807, 2.05) is 30.3 Å². The summed E-state index contributed by atoms with van der Waals surface area (Å²) in [5.74, 6) is -0.365. The number of fused-ring (bicyclic) bond motifs is 1. The SMILES string of the molecule is Cc1[nH]n(-c2ccccc2)c(=O)c1N=Nc1ccc2c(c1)C(=O)OC2. The summed E-state index contributed by atoms with van der Waals surface area (Å²) >= 11 is 0. The lowest BCUT2D eigenvalue weighted by atomic mass is 10.1. The van der Waals surface area contributed by atoms with Gasteiger partial charge in [0.15, 0.2) is 5.69 Å². The zero-order valence-corrected chi connectivity index (χ0v) is 13.4. The molecule has 0 unspecified atom stereocenters. The minimum absolute atomic E-state index is 0.229. The number of esters is 1. The van der Waals surface area contributed by atoms with E-state index in [2.05, 4.69) is 15.3 Å². The lowest BCUT2D eigenvalue weighted by Gasteiger charge is -1.99. The van der Waals surface area contributed by atoms with Gasteiger partial charge >= 0.3 is 5.97 Å². The van der Waals surface area contributed by atoms with Crippen molar-refractivity contribution in [2.24, 2.45) is 10.2 Å². The van der Waals surface area contributed by atoms with Crippen LogP contribution in [0.3, 0.4) is 0 Å². The normalized spacial score (nSPS) is 13.2. The predicted octanol–water partition coefficient (Wildman–Crippen LogP) is 3.56. The van der Waals surface area contributed by atoms with Crippen LogP contribution in [0, 0.1) is 6.92 Å². The highest BCUT2D eigenvalue weighted by molar-refractivity contribution is 5.94. The molecular weight excluding hydrogens is 320 g/mol. The number of azo groups is 1. The molecule has 124 valence electrons. The maximum absolute atomic E-state index is 12.6. The number of rotatable bonds is 3. The van der Waals surface area contributed by atoms with Crippen molar-refractivity contribution in [3.8, 4) is 5.69 Å². The van der Waals surface area contributed by atoms with Gasteiger partial charge in [-0.3, -0.25) is 9.89 Å². The van der Waals surface area contributed by atoms with Gasteiger partial charge in [0.2, 0.25) is 0 Å². The first-order valence-corrected chi connectivity index (χ1v) is 7.72. The van der Waals surface area contributed by atoms with Crippen molar-refractivity contribution in [2.45, 2.75) is 13.5 Å². The van der Waals surface area contributed by atoms with E-state index in [9.17, 15) is 9.59 Å². The second kappa shape index (κ2) is 5.86. The third-order valence-electron chi connectivity index (χ3n) is 3.99. The average Bonchev–Trinajstić information content (AvgIpc) is 3.14. The molecule has 4 rings (SSSR count). The number of aromatic amines is 1. The Kier molecular flexibility index (Phi) is 3.53. The van der Waals surface area contributed by atoms with Crippen molar-refractivity contribution < 1.29 is 9.53 Å². The Hall–Kier alpha value is -3.48. The summed E-state index contributed by atoms with van der Waals surface area (Å²) in [5, 5.41) is 11.2. The molecular formula is C18H14N4O3. The van der Waals surface area contributed by atoms with Crippen molar-refractivity contribution in [2.75, 3.05) is 0 Å². The zero-order chi connectivity index (χ0) is 17.4. The van der Waals surface area contributed by atoms with E-state index >= 15 is 0 Å². The third-order valence-corrected chi connectivity index (χ3v) is 3.99. The van der Waals surface area contributed by atoms with Crippen LogP contribution in [0.5, 0.6) is 0 Å². The molecule has 0 spiro atoms. The largest absolute Gasteiger partial charge is 0.457 e. The van der Waals surface area contributed by atoms with Gasteiger partial charge in [0.05, 0.1) is 22.6 Å². The summed E-state index contributed by atoms with van der Waals surface area (Å²) in [5.41, 5.74) is 3.08. The van der Waals surface area contributed by atoms with Crippen LogP contribution >= 0.6 is 0 Å². The van der Waals surface area contributed by atoms with E-state index in [1.165, 1.54) is 4.68 Å². The molecule has 0 radical (unpaired) electrons. The zero-order valence-electron chi connectivity index (χ0n) is 13.4. The molecule has 0 saturated heterocycles. The first kappa shape index (κ1) is 15.1. The van der Waals surface area contributed by atoms with Gasteiger partial charge in [0.1, 0.15) is 6.61 Å². The number of aromatic nitrogens is 2. The van der Waals surface area contributed by atoms with Crippen molar-refractivity contribution in [1.29, 1.82) is 0 Å². The van der Waals surface area contributed by atoms with Crippen LogP contribution in [0.4, 0.5) is 11.4 Å². The fourth-order valence-corrected chi connectivity index (χ4v) is 2.69. The number of para-hydroxylation sites is 1. The molecule has 0 amide bonds. The lowest BCUT2D eigenvalue weighted by Crippen LogP contribution is -2.13. The predicted molar refractivity (Wildman–Crippen MR) is 90.9 cm³/mol. The van der Waals surface area contributed by atoms with Gasteiger partial charge in [-0.25, -0.2) is 9.48 Å². The number of hydrogen-bond donors (Lipinski definition) is 1. The Balaban J connectivity index is 1.69. The van der Waals surface area contributed by atoms with Gasteiger partial charge in [0, 0.05) is 5.56 Å². The number of carbonyl (C=O) groups excluding carboxylic acids is 1. The number of benzene rings is 2. The van der Waals surface area contributed by atoms with E-state index in [1.54, 1.807) is 25.1 Å². The molecule has 0 fully saturated rings. The van der Waals surface area contributed by atoms with Crippen LogP contribution in [-0.2, 0) is 11.3 Å². The van der Waals surface area contributed by atoms with Crippen LogP contribution < -0.4 is 5.56 Å². The highest BCUT2D eigenvalue weighted by atomic mass is 16.5. The van der Waals surface area contributed by atoms with E-state index in [0.717, 1.165) is 11.3 Å². The standard InChI is InChI=1S/C18H14N4O3/c1-11-16(17(23)22(21-11)14-5-3-2-4-6-14)20-19-13-8-7-12-10-25-18(24)15(12)9-13/h2-9,21H,10H2,1H3. The topological polar surface area (TPSA) is 88.8 Å². The van der Waals surface area contributed by atoms with E-state index in [-0.39, 0.29) is 23.8 Å². The number of nitrogens with zero attached hydrogens (tertiary/aromatic N) is 3. The van der Waals surface area contributed by atoms with Gasteiger partial charge in [-0.2, -0.15) is 5.11 Å². The highest BCUT2D eigenvalue weighted by Gasteiger charge is 2.21. The fraction of sp³-hybridized carbons (Fsp3) is 0.111. The van der Waals surface area contributed by atoms with E-state index in [4.69, 9.17) is 4.74 Å². The molecule has 7 nitrogen and oxygen atoms in total. The quantitative estimate of drug-likeness (QED) is 0.586. The molecule has 0 bridgehead atoms. The van der Waals surface area contributed by atoms with Crippen LogP contribution in [-0.4, -0.2) is 15.7 Å². The van der Waals surface area contributed by atoms with Gasteiger partial charge < -0.3 is 4.74 Å². The number of hydrogen-bond acceptors (Lipinski definition) is 5. The van der Waals surface area contributed by atoms with Gasteiger partial charge in [-0.05, 0) is 31.2 Å². The fourth-order valence-electron chi connectivity index (χ4n) is 2.69. The second-order valence-electron chi connectivity index (χ2n) is 5.68. The Morgan fingerprint density at radius 2 is 1.88 bits per heavy atom. The van der Waals surface area contributed by atoms with Crippen LogP contribution in [0.1, 0.15) is 21.6 Å². The maximum Gasteiger partial charge on any atom is 0.338 e. The van der Waals surface area contributed by atoms with E-state index < -0.39 is 0 Å². The average molecular weight is 334 g/mol. The monoisotopic (exact) mass is 334 g/mol. The second-order valence-corrected chi connectivity index (χ2v) is 5.68. The summed E-state index contributed by atoms with van der Waals surface area (Å²) < 4.78 is 6.38. The summed E-state index contributed by atoms with van der Waals surface area (Å²) in [6.45, 7) is 2.04. The van der Waals surface area contributed by atoms with Gasteiger partial charge in [-0.1, -0.05) is 24.3 Å². The maximum atomic E-state index is 12.6. The van der Waals surface area contributed by atoms with E-state index in [0.29, 0.717) is 16.9 Å². The van der Waals surface area contributed by atoms with Crippen LogP contribution in [0.2, 0.25) is 0 Å². The van der Waals surface area contributed by atoms with Crippen molar-refractivity contribution in [1.82, 2.24) is 9.78 Å². The number of H-pyrrole nitrogens is 1. The molecule has 0 aliphatic carbocycles. The molecule has 25 heavy (non-hydrogen) atoms. The highest BCUT2D eigenvalue weighted by Crippen LogP contribution is 2.26. The molecule has 1 aliphatic rings. The lowest BCUT2D eigenvalue weighted by molar-refractivity contribution is 0.0535. The first-order valence-electron chi connectivity index (χ1n) is 7.72. The Labute approximate surface area is 142 Å². The first-order chi connectivity index (χ1) is 12.1. The summed E-state index contributed by atoms with van der Waals surface area (Å²) in [7, 11) is 0. The van der Waals surface area contributed by atoms with Gasteiger partial charge in [-0.15, -0.1) is 5.11 Å². The molecule has 1 N–H and O–H groups in total. The molecule has 0 atom stereocenters.